The molecule has 346 valence electrons. The molecule has 0 saturated carbocycles. The maximum absolute atomic E-state index is 14.9. The topological polar surface area (TPSA) is 215 Å². The fraction of sp³-hybridized carbons (Fsp3) is 0.422. The number of aryl methyl sites for hydroxylation is 2. The SMILES string of the molecule is Cc1ncsc1-c1ccc(CNC(=O)[C@@H]2C[C@@H](O)CN2C(=O)[C@@H](NC(=O)CCCCCCC#Cc2cnc(N)c3c(-c4ccc(NS(=O)(=O)C(F)F)c(F)c4)nn(C)c23)C(C)(C)C)cc1. The van der Waals surface area contributed by atoms with Crippen molar-refractivity contribution in [2.75, 3.05) is 17.0 Å². The fourth-order valence-electron chi connectivity index (χ4n) is 7.60. The number of rotatable bonds is 16. The number of aromatic nitrogens is 4. The van der Waals surface area contributed by atoms with Crippen molar-refractivity contribution in [3.05, 3.63) is 76.8 Å². The van der Waals surface area contributed by atoms with Gasteiger partial charge in [-0.15, -0.1) is 11.3 Å². The normalized spacial score (nSPS) is 15.8. The summed E-state index contributed by atoms with van der Waals surface area (Å²) in [4.78, 5) is 51.6. The number of aliphatic hydroxyl groups excluding tert-OH is 1. The number of unbranched alkanes of at least 4 members (excludes halogenated alkanes) is 4. The van der Waals surface area contributed by atoms with Crippen LogP contribution in [0.25, 0.3) is 32.6 Å². The molecule has 3 aromatic heterocycles. The summed E-state index contributed by atoms with van der Waals surface area (Å²) in [6.07, 6.45) is 4.25. The molecule has 0 spiro atoms. The summed E-state index contributed by atoms with van der Waals surface area (Å²) in [5, 5.41) is 21.2. The highest BCUT2D eigenvalue weighted by Crippen LogP contribution is 2.35. The highest BCUT2D eigenvalue weighted by Gasteiger charge is 2.44. The lowest BCUT2D eigenvalue weighted by atomic mass is 9.85. The van der Waals surface area contributed by atoms with Crippen LogP contribution in [-0.4, -0.2) is 86.4 Å². The number of nitrogens with two attached hydrogens (primary N) is 1. The zero-order valence-corrected chi connectivity index (χ0v) is 38.3. The van der Waals surface area contributed by atoms with E-state index in [1.165, 1.54) is 26.6 Å². The van der Waals surface area contributed by atoms with Crippen LogP contribution in [0.3, 0.4) is 0 Å². The van der Waals surface area contributed by atoms with Crippen molar-refractivity contribution < 1.29 is 41.1 Å². The van der Waals surface area contributed by atoms with Gasteiger partial charge in [-0.3, -0.25) is 23.8 Å². The number of nitrogens with one attached hydrogen (secondary N) is 3. The van der Waals surface area contributed by atoms with E-state index in [1.807, 2.05) is 52.0 Å². The Labute approximate surface area is 379 Å². The van der Waals surface area contributed by atoms with Crippen LogP contribution >= 0.6 is 11.3 Å². The van der Waals surface area contributed by atoms with Crippen LogP contribution in [0, 0.1) is 30.0 Å². The van der Waals surface area contributed by atoms with Gasteiger partial charge in [0, 0.05) is 51.2 Å². The number of alkyl halides is 2. The Morgan fingerprint density at radius 3 is 2.42 bits per heavy atom. The van der Waals surface area contributed by atoms with Crippen molar-refractivity contribution in [1.82, 2.24) is 35.3 Å². The number of carbonyl (C=O) groups is 3. The molecule has 4 heterocycles. The first kappa shape index (κ1) is 48.4. The average Bonchev–Trinajstić information content (AvgIpc) is 3.97. The average molecular weight is 936 g/mol. The molecule has 2 aromatic carbocycles. The molecule has 0 aliphatic carbocycles. The van der Waals surface area contributed by atoms with Crippen LogP contribution in [0.4, 0.5) is 24.7 Å². The van der Waals surface area contributed by atoms with Gasteiger partial charge in [-0.1, -0.05) is 75.8 Å². The van der Waals surface area contributed by atoms with Gasteiger partial charge in [0.25, 0.3) is 10.0 Å². The van der Waals surface area contributed by atoms with Gasteiger partial charge in [-0.2, -0.15) is 13.9 Å². The van der Waals surface area contributed by atoms with Crippen molar-refractivity contribution in [2.45, 2.75) is 103 Å². The van der Waals surface area contributed by atoms with Gasteiger partial charge in [0.1, 0.15) is 29.4 Å². The zero-order chi connectivity index (χ0) is 47.2. The Bertz CT molecular complexity index is 2730. The van der Waals surface area contributed by atoms with Crippen LogP contribution < -0.4 is 21.1 Å². The Morgan fingerprint density at radius 1 is 1.05 bits per heavy atom. The number of hydrogen-bond donors (Lipinski definition) is 5. The number of carbonyl (C=O) groups excluding carboxylic acids is 3. The number of anilines is 2. The second-order valence-corrected chi connectivity index (χ2v) is 19.5. The van der Waals surface area contributed by atoms with Crippen LogP contribution in [-0.2, 0) is 38.0 Å². The van der Waals surface area contributed by atoms with E-state index in [0.717, 1.165) is 53.1 Å². The van der Waals surface area contributed by atoms with E-state index in [4.69, 9.17) is 5.73 Å². The first-order chi connectivity index (χ1) is 30.7. The molecule has 1 fully saturated rings. The quantitative estimate of drug-likeness (QED) is 0.0554. The van der Waals surface area contributed by atoms with Gasteiger partial charge >= 0.3 is 5.76 Å². The lowest BCUT2D eigenvalue weighted by Crippen LogP contribution is -2.57. The van der Waals surface area contributed by atoms with E-state index in [-0.39, 0.29) is 54.8 Å². The number of likely N-dealkylation sites (tertiary alicyclic amines) is 1. The molecule has 20 heteroatoms. The standard InChI is InChI=1S/C45H52F3N9O6S2/c1-26-39(64-25-52-26)28-16-14-27(15-17-28)22-51-42(60)34-21-31(58)24-57(34)43(61)40(45(2,3)4)53-35(59)13-11-9-7-6-8-10-12-30-23-50-41(49)36-37(54-56(5)38(30)36)29-18-19-33(32(46)20-29)55-65(62,63)44(47)48/h14-20,23,25,31,34,40,44,55,58H,6-9,11,13,21-22,24H2,1-5H3,(H2,49,50)(H,51,60)(H,53,59)/t31-,34+,40-/m1/s1. The number of β-amino-alcohol motifs (C(OH)–C–C–N with tert-alkyl or cyclic N) is 1. The largest absolute Gasteiger partial charge is 0.391 e. The second-order valence-electron chi connectivity index (χ2n) is 17.0. The van der Waals surface area contributed by atoms with Crippen molar-refractivity contribution in [3.8, 4) is 33.5 Å². The molecular formula is C45H52F3N9O6S2. The molecule has 3 amide bonds. The molecule has 1 aliphatic rings. The third-order valence-electron chi connectivity index (χ3n) is 11.0. The van der Waals surface area contributed by atoms with Crippen molar-refractivity contribution in [3.63, 3.8) is 0 Å². The summed E-state index contributed by atoms with van der Waals surface area (Å²) in [6, 6.07) is 9.30. The number of hydrogen-bond acceptors (Lipinski definition) is 11. The minimum Gasteiger partial charge on any atom is -0.391 e. The van der Waals surface area contributed by atoms with Gasteiger partial charge in [-0.25, -0.2) is 22.8 Å². The van der Waals surface area contributed by atoms with Gasteiger partial charge < -0.3 is 26.4 Å². The number of amides is 3. The molecule has 0 unspecified atom stereocenters. The highest BCUT2D eigenvalue weighted by molar-refractivity contribution is 7.93. The smallest absolute Gasteiger partial charge is 0.355 e. The zero-order valence-electron chi connectivity index (χ0n) is 36.6. The van der Waals surface area contributed by atoms with Gasteiger partial charge in [0.05, 0.1) is 44.3 Å². The maximum Gasteiger partial charge on any atom is 0.355 e. The number of aliphatic hydroxyl groups is 1. The van der Waals surface area contributed by atoms with Crippen molar-refractivity contribution in [2.24, 2.45) is 12.5 Å². The highest BCUT2D eigenvalue weighted by atomic mass is 32.2. The van der Waals surface area contributed by atoms with Gasteiger partial charge in [0.15, 0.2) is 0 Å². The van der Waals surface area contributed by atoms with Crippen molar-refractivity contribution in [1.29, 1.82) is 0 Å². The molecule has 15 nitrogen and oxygen atoms in total. The van der Waals surface area contributed by atoms with E-state index in [0.29, 0.717) is 29.3 Å². The van der Waals surface area contributed by atoms with Crippen LogP contribution in [0.15, 0.2) is 54.2 Å². The Hall–Kier alpha value is -6.04. The lowest BCUT2D eigenvalue weighted by molar-refractivity contribution is -0.144. The van der Waals surface area contributed by atoms with E-state index in [1.54, 1.807) is 23.9 Å². The van der Waals surface area contributed by atoms with Crippen LogP contribution in [0.2, 0.25) is 0 Å². The first-order valence-corrected chi connectivity index (χ1v) is 23.4. The van der Waals surface area contributed by atoms with E-state index in [9.17, 15) is 41.1 Å². The molecule has 1 saturated heterocycles. The molecule has 65 heavy (non-hydrogen) atoms. The molecule has 6 rings (SSSR count). The molecule has 1 aliphatic heterocycles. The van der Waals surface area contributed by atoms with E-state index >= 15 is 0 Å². The second kappa shape index (κ2) is 20.4. The number of halogens is 3. The molecule has 0 bridgehead atoms. The summed E-state index contributed by atoms with van der Waals surface area (Å²) in [6.45, 7) is 7.70. The molecule has 5 aromatic rings. The third-order valence-corrected chi connectivity index (χ3v) is 13.0. The summed E-state index contributed by atoms with van der Waals surface area (Å²) in [5.41, 5.74) is 11.0. The Kier molecular flexibility index (Phi) is 15.2. The summed E-state index contributed by atoms with van der Waals surface area (Å²) in [5.74, 6) is 0.396. The first-order valence-electron chi connectivity index (χ1n) is 21.0. The molecular weight excluding hydrogens is 884 g/mol. The number of nitrogens with zero attached hydrogens (tertiary/aromatic N) is 5. The minimum atomic E-state index is -5.08. The number of thiazole rings is 1. The Morgan fingerprint density at radius 2 is 1.75 bits per heavy atom. The predicted molar refractivity (Wildman–Crippen MR) is 243 cm³/mol. The Balaban J connectivity index is 0.982. The number of benzene rings is 2. The third kappa shape index (κ3) is 11.6. The minimum absolute atomic E-state index is 0.0200. The number of pyridine rings is 1. The number of nitrogen functional groups attached to an aromatic ring is 1. The van der Waals surface area contributed by atoms with E-state index < -0.39 is 56.8 Å². The summed E-state index contributed by atoms with van der Waals surface area (Å²) in [7, 11) is -3.43. The molecule has 6 N–H and O–H groups in total. The maximum atomic E-state index is 14.9. The van der Waals surface area contributed by atoms with Crippen molar-refractivity contribution >= 4 is 61.5 Å². The van der Waals surface area contributed by atoms with Crippen LogP contribution in [0.1, 0.15) is 82.5 Å². The summed E-state index contributed by atoms with van der Waals surface area (Å²) >= 11 is 1.56. The van der Waals surface area contributed by atoms with Crippen LogP contribution in [0.5, 0.6) is 0 Å². The van der Waals surface area contributed by atoms with Gasteiger partial charge in [-0.05, 0) is 48.4 Å². The monoisotopic (exact) mass is 935 g/mol. The predicted octanol–water partition coefficient (Wildman–Crippen LogP) is 6.25. The van der Waals surface area contributed by atoms with E-state index in [2.05, 4.69) is 37.5 Å². The summed E-state index contributed by atoms with van der Waals surface area (Å²) < 4.78 is 66.6. The fourth-order valence-corrected chi connectivity index (χ4v) is 8.97. The number of sulfonamides is 1. The lowest BCUT2D eigenvalue weighted by Gasteiger charge is -2.35. The number of fused-ring (bicyclic) bond motifs is 1. The molecule has 3 atom stereocenters. The van der Waals surface area contributed by atoms with Gasteiger partial charge in [0.2, 0.25) is 17.7 Å². The molecule has 0 radical (unpaired) electrons.